The van der Waals surface area contributed by atoms with E-state index in [1.165, 1.54) is 12.2 Å². The molecule has 1 atom stereocenters. The van der Waals surface area contributed by atoms with Crippen LogP contribution in [0.2, 0.25) is 0 Å². The maximum Gasteiger partial charge on any atom is 0.254 e. The Morgan fingerprint density at radius 2 is 2.00 bits per heavy atom. The Labute approximate surface area is 88.2 Å². The van der Waals surface area contributed by atoms with Crippen LogP contribution in [0.4, 0.5) is 0 Å². The number of rotatable bonds is 1. The lowest BCUT2D eigenvalue weighted by Gasteiger charge is -2.31. The first-order chi connectivity index (χ1) is 7.09. The summed E-state index contributed by atoms with van der Waals surface area (Å²) >= 11 is 0. The average Bonchev–Trinajstić information content (AvgIpc) is 2.45. The van der Waals surface area contributed by atoms with E-state index < -0.39 is 11.8 Å². The van der Waals surface area contributed by atoms with Crippen molar-refractivity contribution in [1.29, 1.82) is 0 Å². The fourth-order valence-corrected chi connectivity index (χ4v) is 1.96. The summed E-state index contributed by atoms with van der Waals surface area (Å²) in [5, 5.41) is 0. The second kappa shape index (κ2) is 3.31. The molecule has 4 heteroatoms. The van der Waals surface area contributed by atoms with Gasteiger partial charge in [0.15, 0.2) is 11.5 Å². The van der Waals surface area contributed by atoms with E-state index in [1.807, 2.05) is 6.92 Å². The number of ether oxygens (including phenoxy) is 1. The van der Waals surface area contributed by atoms with Crippen molar-refractivity contribution in [2.75, 3.05) is 6.54 Å². The summed E-state index contributed by atoms with van der Waals surface area (Å²) in [6, 6.07) is 0. The van der Waals surface area contributed by atoms with Crippen LogP contribution in [0, 0.1) is 0 Å². The van der Waals surface area contributed by atoms with Gasteiger partial charge in [-0.2, -0.15) is 0 Å². The van der Waals surface area contributed by atoms with Crippen LogP contribution in [0.15, 0.2) is 24.3 Å². The number of hydrogen-bond acceptors (Lipinski definition) is 3. The SMILES string of the molecule is CCN1C(=O)C(C)OC12C=CC(=O)C=C2. The first-order valence-corrected chi connectivity index (χ1v) is 5.01. The lowest BCUT2D eigenvalue weighted by Crippen LogP contribution is -2.44. The second-order valence-corrected chi connectivity index (χ2v) is 3.66. The molecule has 4 nitrogen and oxygen atoms in total. The third kappa shape index (κ3) is 1.41. The van der Waals surface area contributed by atoms with Crippen molar-refractivity contribution in [3.63, 3.8) is 0 Å². The molecular weight excluding hydrogens is 194 g/mol. The van der Waals surface area contributed by atoms with Gasteiger partial charge < -0.3 is 9.64 Å². The van der Waals surface area contributed by atoms with Crippen molar-refractivity contribution in [2.24, 2.45) is 0 Å². The maximum atomic E-state index is 11.7. The van der Waals surface area contributed by atoms with E-state index >= 15 is 0 Å². The lowest BCUT2D eigenvalue weighted by atomic mass is 10.1. The van der Waals surface area contributed by atoms with Crippen molar-refractivity contribution in [1.82, 2.24) is 4.90 Å². The molecule has 2 aliphatic rings. The van der Waals surface area contributed by atoms with E-state index in [1.54, 1.807) is 24.0 Å². The molecular formula is C11H13NO3. The summed E-state index contributed by atoms with van der Waals surface area (Å²) in [6.45, 7) is 4.17. The number of ketones is 1. The monoisotopic (exact) mass is 207 g/mol. The van der Waals surface area contributed by atoms with Crippen molar-refractivity contribution in [2.45, 2.75) is 25.7 Å². The Bertz CT molecular complexity index is 354. The predicted octanol–water partition coefficient (Wildman–Crippen LogP) is 0.645. The molecule has 2 rings (SSSR count). The Hall–Kier alpha value is -1.42. The maximum absolute atomic E-state index is 11.7. The lowest BCUT2D eigenvalue weighted by molar-refractivity contribution is -0.130. The Morgan fingerprint density at radius 3 is 2.53 bits per heavy atom. The Kier molecular flexibility index (Phi) is 2.23. The normalized spacial score (nSPS) is 28.1. The number of hydrogen-bond donors (Lipinski definition) is 0. The highest BCUT2D eigenvalue weighted by molar-refractivity contribution is 6.01. The van der Waals surface area contributed by atoms with Gasteiger partial charge in [-0.3, -0.25) is 9.59 Å². The second-order valence-electron chi connectivity index (χ2n) is 3.66. The summed E-state index contributed by atoms with van der Waals surface area (Å²) < 4.78 is 5.60. The standard InChI is InChI=1S/C11H13NO3/c1-3-12-10(14)8(2)15-11(12)6-4-9(13)5-7-11/h4-8H,3H2,1-2H3. The van der Waals surface area contributed by atoms with Gasteiger partial charge in [-0.25, -0.2) is 0 Å². The van der Waals surface area contributed by atoms with E-state index in [0.717, 1.165) is 0 Å². The molecule has 1 aliphatic carbocycles. The number of amides is 1. The third-order valence-corrected chi connectivity index (χ3v) is 2.69. The van der Waals surface area contributed by atoms with Crippen LogP contribution in [0.5, 0.6) is 0 Å². The van der Waals surface area contributed by atoms with Crippen molar-refractivity contribution in [3.05, 3.63) is 24.3 Å². The van der Waals surface area contributed by atoms with Crippen LogP contribution in [-0.4, -0.2) is 35.0 Å². The Balaban J connectivity index is 2.37. The van der Waals surface area contributed by atoms with Gasteiger partial charge in [0.25, 0.3) is 5.91 Å². The molecule has 0 bridgehead atoms. The van der Waals surface area contributed by atoms with Crippen LogP contribution in [0.1, 0.15) is 13.8 Å². The zero-order valence-electron chi connectivity index (χ0n) is 8.77. The largest absolute Gasteiger partial charge is 0.335 e. The minimum atomic E-state index is -0.834. The van der Waals surface area contributed by atoms with Gasteiger partial charge in [0.1, 0.15) is 6.10 Å². The summed E-state index contributed by atoms with van der Waals surface area (Å²) in [7, 11) is 0. The van der Waals surface area contributed by atoms with Gasteiger partial charge in [0.05, 0.1) is 0 Å². The summed E-state index contributed by atoms with van der Waals surface area (Å²) in [4.78, 5) is 24.4. The van der Waals surface area contributed by atoms with E-state index in [4.69, 9.17) is 4.74 Å². The molecule has 0 aromatic heterocycles. The van der Waals surface area contributed by atoms with E-state index in [9.17, 15) is 9.59 Å². The highest BCUT2D eigenvalue weighted by atomic mass is 16.5. The molecule has 80 valence electrons. The summed E-state index contributed by atoms with van der Waals surface area (Å²) in [5.74, 6) is -0.117. The van der Waals surface area contributed by atoms with Crippen molar-refractivity contribution < 1.29 is 14.3 Å². The number of carbonyl (C=O) groups excluding carboxylic acids is 2. The van der Waals surface area contributed by atoms with Gasteiger partial charge >= 0.3 is 0 Å². The first kappa shape index (κ1) is 10.1. The number of nitrogens with zero attached hydrogens (tertiary/aromatic N) is 1. The molecule has 0 N–H and O–H groups in total. The average molecular weight is 207 g/mol. The topological polar surface area (TPSA) is 46.6 Å². The van der Waals surface area contributed by atoms with Crippen LogP contribution in [-0.2, 0) is 14.3 Å². The third-order valence-electron chi connectivity index (χ3n) is 2.69. The minimum absolute atomic E-state index is 0.0406. The molecule has 1 heterocycles. The molecule has 0 saturated carbocycles. The molecule has 1 spiro atoms. The molecule has 0 aromatic carbocycles. The number of carbonyl (C=O) groups is 2. The van der Waals surface area contributed by atoms with E-state index in [2.05, 4.69) is 0 Å². The van der Waals surface area contributed by atoms with Crippen LogP contribution >= 0.6 is 0 Å². The predicted molar refractivity (Wildman–Crippen MR) is 54.0 cm³/mol. The fraction of sp³-hybridized carbons (Fsp3) is 0.455. The van der Waals surface area contributed by atoms with Gasteiger partial charge in [0, 0.05) is 6.54 Å². The summed E-state index contributed by atoms with van der Waals surface area (Å²) in [5.41, 5.74) is -0.834. The molecule has 1 fully saturated rings. The van der Waals surface area contributed by atoms with Gasteiger partial charge in [0.2, 0.25) is 0 Å². The highest BCUT2D eigenvalue weighted by Gasteiger charge is 2.47. The molecule has 0 radical (unpaired) electrons. The Morgan fingerprint density at radius 1 is 1.40 bits per heavy atom. The van der Waals surface area contributed by atoms with Gasteiger partial charge in [-0.05, 0) is 38.2 Å². The number of likely N-dealkylation sites (N-methyl/N-ethyl adjacent to an activating group) is 1. The van der Waals surface area contributed by atoms with Gasteiger partial charge in [-0.1, -0.05) is 0 Å². The van der Waals surface area contributed by atoms with Crippen molar-refractivity contribution in [3.8, 4) is 0 Å². The molecule has 1 saturated heterocycles. The van der Waals surface area contributed by atoms with E-state index in [0.29, 0.717) is 6.54 Å². The quantitative estimate of drug-likeness (QED) is 0.634. The fourth-order valence-electron chi connectivity index (χ4n) is 1.96. The summed E-state index contributed by atoms with van der Waals surface area (Å²) in [6.07, 6.45) is 5.70. The minimum Gasteiger partial charge on any atom is -0.335 e. The van der Waals surface area contributed by atoms with E-state index in [-0.39, 0.29) is 11.7 Å². The van der Waals surface area contributed by atoms with Crippen LogP contribution < -0.4 is 0 Å². The van der Waals surface area contributed by atoms with Crippen molar-refractivity contribution >= 4 is 11.7 Å². The first-order valence-electron chi connectivity index (χ1n) is 5.01. The molecule has 1 amide bonds. The zero-order chi connectivity index (χ0) is 11.1. The molecule has 0 aromatic rings. The molecule has 1 aliphatic heterocycles. The zero-order valence-corrected chi connectivity index (χ0v) is 8.77. The number of allylic oxidation sites excluding steroid dienone is 2. The van der Waals surface area contributed by atoms with Crippen LogP contribution in [0.25, 0.3) is 0 Å². The molecule has 1 unspecified atom stereocenters. The highest BCUT2D eigenvalue weighted by Crippen LogP contribution is 2.32. The van der Waals surface area contributed by atoms with Crippen LogP contribution in [0.3, 0.4) is 0 Å². The van der Waals surface area contributed by atoms with Gasteiger partial charge in [-0.15, -0.1) is 0 Å². The smallest absolute Gasteiger partial charge is 0.254 e. The molecule has 15 heavy (non-hydrogen) atoms.